The topological polar surface area (TPSA) is 46.6 Å². The summed E-state index contributed by atoms with van der Waals surface area (Å²) in [5.74, 6) is -0.192. The van der Waals surface area contributed by atoms with Crippen LogP contribution in [0.25, 0.3) is 6.08 Å². The third-order valence-corrected chi connectivity index (χ3v) is 3.13. The van der Waals surface area contributed by atoms with E-state index in [4.69, 9.17) is 4.74 Å². The Morgan fingerprint density at radius 1 is 1.38 bits per heavy atom. The van der Waals surface area contributed by atoms with Crippen LogP contribution in [0, 0.1) is 6.92 Å². The molecule has 1 aliphatic heterocycles. The summed E-state index contributed by atoms with van der Waals surface area (Å²) in [6, 6.07) is 7.83. The minimum absolute atomic E-state index is 0.192. The predicted octanol–water partition coefficient (Wildman–Crippen LogP) is 3.54. The minimum Gasteiger partial charge on any atom is -0.443 e. The van der Waals surface area contributed by atoms with E-state index >= 15 is 0 Å². The Morgan fingerprint density at radius 3 is 2.67 bits per heavy atom. The van der Waals surface area contributed by atoms with Gasteiger partial charge in [-0.05, 0) is 33.3 Å². The van der Waals surface area contributed by atoms with Gasteiger partial charge in [0.15, 0.2) is 0 Å². The molecule has 21 heavy (non-hydrogen) atoms. The molecule has 0 aliphatic carbocycles. The molecule has 0 spiro atoms. The summed E-state index contributed by atoms with van der Waals surface area (Å²) in [5.41, 5.74) is 1.63. The quantitative estimate of drug-likeness (QED) is 0.782. The number of hydrogen-bond acceptors (Lipinski definition) is 3. The fourth-order valence-electron chi connectivity index (χ4n) is 2.14. The standard InChI is InChI=1S/C17H21NO3/c1-12-6-5-7-13(10-12)8-9-14-11-15(19)18(14)16(20)21-17(2,3)4/h5-10,14H,11H2,1-4H3/b9-8+. The molecule has 4 nitrogen and oxygen atoms in total. The van der Waals surface area contributed by atoms with Crippen molar-refractivity contribution in [1.29, 1.82) is 0 Å². The number of β-lactam (4-membered cyclic amide) rings is 1. The highest BCUT2D eigenvalue weighted by atomic mass is 16.6. The van der Waals surface area contributed by atoms with Gasteiger partial charge in [-0.25, -0.2) is 9.69 Å². The van der Waals surface area contributed by atoms with Gasteiger partial charge in [-0.15, -0.1) is 0 Å². The molecule has 1 aliphatic rings. The van der Waals surface area contributed by atoms with Crippen LogP contribution in [0.3, 0.4) is 0 Å². The van der Waals surface area contributed by atoms with Crippen LogP contribution in [0.15, 0.2) is 30.3 Å². The van der Waals surface area contributed by atoms with Crippen molar-refractivity contribution in [1.82, 2.24) is 4.90 Å². The lowest BCUT2D eigenvalue weighted by molar-refractivity contribution is -0.141. The molecule has 1 heterocycles. The van der Waals surface area contributed by atoms with Crippen molar-refractivity contribution < 1.29 is 14.3 Å². The van der Waals surface area contributed by atoms with Gasteiger partial charge in [0.05, 0.1) is 12.5 Å². The molecule has 0 radical (unpaired) electrons. The number of amides is 2. The highest BCUT2D eigenvalue weighted by Gasteiger charge is 2.41. The van der Waals surface area contributed by atoms with E-state index in [1.807, 2.05) is 37.3 Å². The van der Waals surface area contributed by atoms with Crippen LogP contribution in [0.2, 0.25) is 0 Å². The lowest BCUT2D eigenvalue weighted by Crippen LogP contribution is -2.55. The van der Waals surface area contributed by atoms with Gasteiger partial charge in [-0.2, -0.15) is 0 Å². The van der Waals surface area contributed by atoms with Crippen molar-refractivity contribution in [3.63, 3.8) is 0 Å². The molecular weight excluding hydrogens is 266 g/mol. The molecule has 4 heteroatoms. The molecule has 0 bridgehead atoms. The third kappa shape index (κ3) is 3.94. The zero-order valence-electron chi connectivity index (χ0n) is 12.9. The Kier molecular flexibility index (Phi) is 4.16. The molecule has 1 saturated heterocycles. The van der Waals surface area contributed by atoms with Gasteiger partial charge in [0.2, 0.25) is 5.91 Å². The number of ether oxygens (including phenoxy) is 1. The maximum absolute atomic E-state index is 12.0. The molecule has 2 amide bonds. The van der Waals surface area contributed by atoms with Crippen LogP contribution in [0.1, 0.15) is 38.3 Å². The van der Waals surface area contributed by atoms with Crippen LogP contribution < -0.4 is 0 Å². The van der Waals surface area contributed by atoms with Crippen molar-refractivity contribution in [3.8, 4) is 0 Å². The fourth-order valence-corrected chi connectivity index (χ4v) is 2.14. The molecule has 0 saturated carbocycles. The van der Waals surface area contributed by atoms with Crippen molar-refractivity contribution in [2.45, 2.75) is 45.8 Å². The van der Waals surface area contributed by atoms with E-state index < -0.39 is 11.7 Å². The maximum atomic E-state index is 12.0. The van der Waals surface area contributed by atoms with E-state index in [0.29, 0.717) is 6.42 Å². The lowest BCUT2D eigenvalue weighted by atomic mass is 10.0. The predicted molar refractivity (Wildman–Crippen MR) is 81.7 cm³/mol. The van der Waals surface area contributed by atoms with Crippen LogP contribution in [-0.2, 0) is 9.53 Å². The number of hydrogen-bond donors (Lipinski definition) is 0. The zero-order valence-corrected chi connectivity index (χ0v) is 12.9. The number of carbonyl (C=O) groups excluding carboxylic acids is 2. The SMILES string of the molecule is Cc1cccc(/C=C/C2CC(=O)N2C(=O)OC(C)(C)C)c1. The maximum Gasteiger partial charge on any atom is 0.417 e. The van der Waals surface area contributed by atoms with Crippen LogP contribution >= 0.6 is 0 Å². The van der Waals surface area contributed by atoms with Crippen molar-refractivity contribution >= 4 is 18.1 Å². The number of rotatable bonds is 2. The molecular formula is C17H21NO3. The largest absolute Gasteiger partial charge is 0.443 e. The summed E-state index contributed by atoms with van der Waals surface area (Å²) in [7, 11) is 0. The summed E-state index contributed by atoms with van der Waals surface area (Å²) < 4.78 is 5.25. The van der Waals surface area contributed by atoms with Gasteiger partial charge < -0.3 is 4.74 Å². The van der Waals surface area contributed by atoms with Gasteiger partial charge in [0.1, 0.15) is 5.60 Å². The Hall–Kier alpha value is -2.10. The van der Waals surface area contributed by atoms with Crippen LogP contribution in [0.5, 0.6) is 0 Å². The number of benzene rings is 1. The van der Waals surface area contributed by atoms with Crippen molar-refractivity contribution in [2.24, 2.45) is 0 Å². The van der Waals surface area contributed by atoms with E-state index in [1.165, 1.54) is 10.5 Å². The summed E-state index contributed by atoms with van der Waals surface area (Å²) in [5, 5.41) is 0. The Morgan fingerprint density at radius 2 is 2.10 bits per heavy atom. The summed E-state index contributed by atoms with van der Waals surface area (Å²) in [6.45, 7) is 7.38. The highest BCUT2D eigenvalue weighted by Crippen LogP contribution is 2.24. The van der Waals surface area contributed by atoms with Crippen LogP contribution in [-0.4, -0.2) is 28.5 Å². The van der Waals surface area contributed by atoms with Gasteiger partial charge in [0, 0.05) is 0 Å². The highest BCUT2D eigenvalue weighted by molar-refractivity contribution is 5.98. The van der Waals surface area contributed by atoms with Crippen molar-refractivity contribution in [2.75, 3.05) is 0 Å². The summed E-state index contributed by atoms with van der Waals surface area (Å²) in [6.07, 6.45) is 3.58. The first-order chi connectivity index (χ1) is 9.76. The van der Waals surface area contributed by atoms with E-state index in [9.17, 15) is 9.59 Å². The average Bonchev–Trinajstić information content (AvgIpc) is 2.31. The summed E-state index contributed by atoms with van der Waals surface area (Å²) >= 11 is 0. The number of carbonyl (C=O) groups is 2. The molecule has 1 unspecified atom stereocenters. The smallest absolute Gasteiger partial charge is 0.417 e. The Bertz CT molecular complexity index is 584. The molecule has 1 aromatic rings. The van der Waals surface area contributed by atoms with Crippen molar-refractivity contribution in [3.05, 3.63) is 41.5 Å². The summed E-state index contributed by atoms with van der Waals surface area (Å²) in [4.78, 5) is 24.8. The van der Waals surface area contributed by atoms with E-state index in [2.05, 4.69) is 6.07 Å². The zero-order chi connectivity index (χ0) is 15.6. The third-order valence-electron chi connectivity index (χ3n) is 3.13. The van der Waals surface area contributed by atoms with Crippen LogP contribution in [0.4, 0.5) is 4.79 Å². The van der Waals surface area contributed by atoms with Gasteiger partial charge in [-0.1, -0.05) is 42.0 Å². The first-order valence-electron chi connectivity index (χ1n) is 7.06. The van der Waals surface area contributed by atoms with Gasteiger partial charge in [0.25, 0.3) is 0 Å². The molecule has 112 valence electrons. The number of imide groups is 1. The molecule has 1 fully saturated rings. The fraction of sp³-hybridized carbons (Fsp3) is 0.412. The first-order valence-corrected chi connectivity index (χ1v) is 7.06. The second-order valence-corrected chi connectivity index (χ2v) is 6.29. The molecule has 1 atom stereocenters. The normalized spacial score (nSPS) is 18.8. The molecule has 0 N–H and O–H groups in total. The molecule has 1 aromatic carbocycles. The minimum atomic E-state index is -0.599. The number of aryl methyl sites for hydroxylation is 1. The lowest BCUT2D eigenvalue weighted by Gasteiger charge is -2.37. The van der Waals surface area contributed by atoms with E-state index in [1.54, 1.807) is 20.8 Å². The second kappa shape index (κ2) is 5.72. The Balaban J connectivity index is 2.04. The number of likely N-dealkylation sites (tertiary alicyclic amines) is 1. The average molecular weight is 287 g/mol. The van der Waals surface area contributed by atoms with E-state index in [-0.39, 0.29) is 11.9 Å². The first kappa shape index (κ1) is 15.3. The van der Waals surface area contributed by atoms with Gasteiger partial charge >= 0.3 is 6.09 Å². The second-order valence-electron chi connectivity index (χ2n) is 6.29. The Labute approximate surface area is 125 Å². The number of nitrogens with zero attached hydrogens (tertiary/aromatic N) is 1. The van der Waals surface area contributed by atoms with E-state index in [0.717, 1.165) is 5.56 Å². The molecule has 2 rings (SSSR count). The monoisotopic (exact) mass is 287 g/mol. The molecule has 0 aromatic heterocycles. The van der Waals surface area contributed by atoms with Gasteiger partial charge in [-0.3, -0.25) is 4.79 Å².